The summed E-state index contributed by atoms with van der Waals surface area (Å²) >= 11 is 0. The van der Waals surface area contributed by atoms with Crippen LogP contribution in [0.3, 0.4) is 0 Å². The molecule has 0 aromatic rings. The first-order valence-corrected chi connectivity index (χ1v) is 4.10. The van der Waals surface area contributed by atoms with Gasteiger partial charge in [-0.05, 0) is 24.7 Å². The lowest BCUT2D eigenvalue weighted by Gasteiger charge is -2.34. The van der Waals surface area contributed by atoms with Crippen LogP contribution in [-0.4, -0.2) is 19.2 Å². The Bertz CT molecular complexity index is 180. The lowest BCUT2D eigenvalue weighted by molar-refractivity contribution is -0.308. The number of carboxylic acid groups (broad SMARTS) is 1. The van der Waals surface area contributed by atoms with Gasteiger partial charge in [-0.15, -0.1) is 6.58 Å². The van der Waals surface area contributed by atoms with Crippen LogP contribution in [0.5, 0.6) is 0 Å². The average Bonchev–Trinajstić information content (AvgIpc) is 2.05. The average molecular weight is 169 g/mol. The van der Waals surface area contributed by atoms with Crippen LogP contribution in [0.4, 0.5) is 0 Å². The molecule has 0 N–H and O–H groups in total. The second-order valence-electron chi connectivity index (χ2n) is 3.23. The Morgan fingerprint density at radius 2 is 2.17 bits per heavy atom. The third-order valence-electron chi connectivity index (χ3n) is 2.42. The maximum atomic E-state index is 10.4. The van der Waals surface area contributed by atoms with E-state index in [9.17, 15) is 9.90 Å². The van der Waals surface area contributed by atoms with Gasteiger partial charge in [-0.3, -0.25) is 0 Å². The minimum absolute atomic E-state index is 0.0693. The molecule has 68 valence electrons. The number of hydrogen-bond donors (Lipinski definition) is 0. The summed E-state index contributed by atoms with van der Waals surface area (Å²) in [4.78, 5) is 10.4. The molecule has 1 rings (SSSR count). The van der Waals surface area contributed by atoms with Crippen molar-refractivity contribution in [3.8, 4) is 0 Å². The van der Waals surface area contributed by atoms with Crippen LogP contribution in [0.2, 0.25) is 0 Å². The van der Waals surface area contributed by atoms with E-state index in [1.54, 1.807) is 6.08 Å². The number of carbonyl (C=O) groups is 1. The van der Waals surface area contributed by atoms with Gasteiger partial charge < -0.3 is 14.6 Å². The van der Waals surface area contributed by atoms with E-state index in [-0.39, 0.29) is 11.8 Å². The van der Waals surface area contributed by atoms with Gasteiger partial charge in [0, 0.05) is 19.2 Å². The Morgan fingerprint density at radius 3 is 2.58 bits per heavy atom. The number of carboxylic acids is 1. The molecule has 1 aliphatic rings. The number of allylic oxidation sites excluding steroid dienone is 1. The molecule has 0 unspecified atom stereocenters. The first kappa shape index (κ1) is 9.26. The summed E-state index contributed by atoms with van der Waals surface area (Å²) in [7, 11) is 0. The van der Waals surface area contributed by atoms with Crippen LogP contribution in [0.25, 0.3) is 0 Å². The minimum atomic E-state index is -1.00. The molecule has 1 saturated heterocycles. The summed E-state index contributed by atoms with van der Waals surface area (Å²) in [5, 5.41) is 10.4. The molecule has 1 fully saturated rings. The molecular weight excluding hydrogens is 156 g/mol. The molecule has 1 aliphatic heterocycles. The zero-order valence-corrected chi connectivity index (χ0v) is 7.04. The van der Waals surface area contributed by atoms with Crippen molar-refractivity contribution in [2.24, 2.45) is 5.41 Å². The van der Waals surface area contributed by atoms with Crippen molar-refractivity contribution in [3.05, 3.63) is 12.7 Å². The molecule has 0 radical (unpaired) electrons. The van der Waals surface area contributed by atoms with Crippen molar-refractivity contribution in [2.45, 2.75) is 19.3 Å². The normalized spacial score (nSPS) is 21.7. The van der Waals surface area contributed by atoms with Crippen molar-refractivity contribution < 1.29 is 14.6 Å². The number of hydrogen-bond acceptors (Lipinski definition) is 3. The Hall–Kier alpha value is -0.830. The first-order valence-electron chi connectivity index (χ1n) is 4.10. The highest BCUT2D eigenvalue weighted by Gasteiger charge is 2.29. The van der Waals surface area contributed by atoms with E-state index in [1.165, 1.54) is 0 Å². The molecule has 12 heavy (non-hydrogen) atoms. The van der Waals surface area contributed by atoms with E-state index in [0.717, 1.165) is 12.8 Å². The van der Waals surface area contributed by atoms with Crippen LogP contribution in [-0.2, 0) is 9.53 Å². The van der Waals surface area contributed by atoms with Crippen molar-refractivity contribution >= 4 is 5.97 Å². The Morgan fingerprint density at radius 1 is 1.58 bits per heavy atom. The third kappa shape index (κ3) is 2.08. The lowest BCUT2D eigenvalue weighted by Crippen LogP contribution is -2.35. The quantitative estimate of drug-likeness (QED) is 0.563. The molecule has 0 spiro atoms. The van der Waals surface area contributed by atoms with Gasteiger partial charge >= 0.3 is 0 Å². The second kappa shape index (κ2) is 3.72. The number of aliphatic carboxylic acids is 1. The molecule has 3 nitrogen and oxygen atoms in total. The van der Waals surface area contributed by atoms with Crippen LogP contribution in [0, 0.1) is 5.41 Å². The van der Waals surface area contributed by atoms with E-state index in [4.69, 9.17) is 4.74 Å². The monoisotopic (exact) mass is 169 g/mol. The van der Waals surface area contributed by atoms with Gasteiger partial charge in [0.05, 0.1) is 0 Å². The predicted octanol–water partition coefficient (Wildman–Crippen LogP) is 0.109. The van der Waals surface area contributed by atoms with Gasteiger partial charge in [0.2, 0.25) is 0 Å². The largest absolute Gasteiger partial charge is 0.550 e. The van der Waals surface area contributed by atoms with Crippen LogP contribution in [0.1, 0.15) is 19.3 Å². The maximum absolute atomic E-state index is 10.4. The van der Waals surface area contributed by atoms with Crippen LogP contribution < -0.4 is 5.11 Å². The van der Waals surface area contributed by atoms with Crippen molar-refractivity contribution in [2.75, 3.05) is 13.2 Å². The fourth-order valence-corrected chi connectivity index (χ4v) is 1.52. The van der Waals surface area contributed by atoms with Crippen LogP contribution in [0.15, 0.2) is 12.7 Å². The number of rotatable bonds is 3. The molecule has 0 saturated carbocycles. The minimum Gasteiger partial charge on any atom is -0.550 e. The Balaban J connectivity index is 2.59. The van der Waals surface area contributed by atoms with Crippen molar-refractivity contribution in [1.29, 1.82) is 0 Å². The Kier molecular flexibility index (Phi) is 2.87. The standard InChI is InChI=1S/C9H14O3/c1-2-9(7-8(10)11)3-5-12-6-4-9/h2H,1,3-7H2,(H,10,11)/p-1. The SMILES string of the molecule is C=CC1(CC(=O)[O-])CCOCC1. The zero-order chi connectivity index (χ0) is 9.03. The van der Waals surface area contributed by atoms with Gasteiger partial charge in [0.25, 0.3) is 0 Å². The van der Waals surface area contributed by atoms with Gasteiger partial charge in [-0.25, -0.2) is 0 Å². The van der Waals surface area contributed by atoms with Gasteiger partial charge in [-0.2, -0.15) is 0 Å². The summed E-state index contributed by atoms with van der Waals surface area (Å²) in [6, 6.07) is 0. The topological polar surface area (TPSA) is 49.4 Å². The van der Waals surface area contributed by atoms with Gasteiger partial charge in [-0.1, -0.05) is 6.08 Å². The molecule has 0 bridgehead atoms. The fraction of sp³-hybridized carbons (Fsp3) is 0.667. The molecule has 0 aliphatic carbocycles. The molecule has 0 aromatic heterocycles. The summed E-state index contributed by atoms with van der Waals surface area (Å²) in [6.07, 6.45) is 3.28. The van der Waals surface area contributed by atoms with Gasteiger partial charge in [0.15, 0.2) is 0 Å². The van der Waals surface area contributed by atoms with E-state index in [1.807, 2.05) is 0 Å². The van der Waals surface area contributed by atoms with E-state index in [2.05, 4.69) is 6.58 Å². The molecule has 1 heterocycles. The molecular formula is C9H13O3-. The third-order valence-corrected chi connectivity index (χ3v) is 2.42. The zero-order valence-electron chi connectivity index (χ0n) is 7.04. The van der Waals surface area contributed by atoms with Crippen molar-refractivity contribution in [3.63, 3.8) is 0 Å². The number of ether oxygens (including phenoxy) is 1. The van der Waals surface area contributed by atoms with Gasteiger partial charge in [0.1, 0.15) is 0 Å². The maximum Gasteiger partial charge on any atom is 0.0474 e. The highest BCUT2D eigenvalue weighted by Crippen LogP contribution is 2.34. The van der Waals surface area contributed by atoms with E-state index < -0.39 is 5.97 Å². The molecule has 0 aromatic carbocycles. The summed E-state index contributed by atoms with van der Waals surface area (Å²) in [6.45, 7) is 4.91. The molecule has 0 atom stereocenters. The second-order valence-corrected chi connectivity index (χ2v) is 3.23. The Labute approximate surface area is 72.0 Å². The first-order chi connectivity index (χ1) is 5.68. The highest BCUT2D eigenvalue weighted by molar-refractivity contribution is 5.65. The predicted molar refractivity (Wildman–Crippen MR) is 42.3 cm³/mol. The molecule has 0 amide bonds. The van der Waals surface area contributed by atoms with Crippen molar-refractivity contribution in [1.82, 2.24) is 0 Å². The van der Waals surface area contributed by atoms with Crippen LogP contribution >= 0.6 is 0 Å². The summed E-state index contributed by atoms with van der Waals surface area (Å²) in [5.74, 6) is -1.00. The summed E-state index contributed by atoms with van der Waals surface area (Å²) in [5.41, 5.74) is -0.281. The highest BCUT2D eigenvalue weighted by atomic mass is 16.5. The smallest absolute Gasteiger partial charge is 0.0474 e. The van der Waals surface area contributed by atoms with E-state index >= 15 is 0 Å². The fourth-order valence-electron chi connectivity index (χ4n) is 1.52. The lowest BCUT2D eigenvalue weighted by atomic mass is 9.77. The number of carbonyl (C=O) groups excluding carboxylic acids is 1. The summed E-state index contributed by atoms with van der Waals surface area (Å²) < 4.78 is 5.15. The molecule has 3 heteroatoms. The van der Waals surface area contributed by atoms with E-state index in [0.29, 0.717) is 13.2 Å².